The minimum Gasteiger partial charge on any atom is -0.480 e. The van der Waals surface area contributed by atoms with E-state index in [-0.39, 0.29) is 12.0 Å². The summed E-state index contributed by atoms with van der Waals surface area (Å²) in [5.41, 5.74) is 8.61. The Balaban J connectivity index is 2.00. The number of aliphatic carboxylic acids is 1. The molecular weight excluding hydrogens is 304 g/mol. The van der Waals surface area contributed by atoms with Crippen molar-refractivity contribution in [1.29, 1.82) is 0 Å². The summed E-state index contributed by atoms with van der Waals surface area (Å²) in [6.45, 7) is 0. The third kappa shape index (κ3) is 2.94. The number of fused-ring (bicyclic) bond motifs is 1. The molecular formula is C19H18N2O3. The van der Waals surface area contributed by atoms with Crippen LogP contribution in [0.4, 0.5) is 0 Å². The number of hydrogen-bond donors (Lipinski definition) is 2. The van der Waals surface area contributed by atoms with Gasteiger partial charge in [-0.15, -0.1) is 0 Å². The number of aryl methyl sites for hydroxylation is 1. The number of para-hydroxylation sites is 1. The summed E-state index contributed by atoms with van der Waals surface area (Å²) in [6.07, 6.45) is 0.255. The van der Waals surface area contributed by atoms with E-state index in [1.807, 2.05) is 54.6 Å². The van der Waals surface area contributed by atoms with Gasteiger partial charge in [0.1, 0.15) is 6.04 Å². The summed E-state index contributed by atoms with van der Waals surface area (Å²) in [6, 6.07) is 16.0. The van der Waals surface area contributed by atoms with Crippen LogP contribution in [0.25, 0.3) is 22.0 Å². The molecule has 0 saturated heterocycles. The first-order valence-electron chi connectivity index (χ1n) is 7.64. The van der Waals surface area contributed by atoms with Gasteiger partial charge in [-0.1, -0.05) is 42.5 Å². The summed E-state index contributed by atoms with van der Waals surface area (Å²) in [5.74, 6) is -1.03. The van der Waals surface area contributed by atoms with Crippen molar-refractivity contribution in [3.8, 4) is 11.1 Å². The number of rotatable bonds is 4. The van der Waals surface area contributed by atoms with E-state index in [4.69, 9.17) is 10.8 Å². The SMILES string of the molecule is Cn1c(=O)c(-c2ccc(C[C@H](N)C(=O)O)cc2)cc2ccccc21. The minimum atomic E-state index is -1.03. The fourth-order valence-corrected chi connectivity index (χ4v) is 2.79. The predicted octanol–water partition coefficient (Wildman–Crippen LogP) is 2.16. The van der Waals surface area contributed by atoms with Crippen LogP contribution < -0.4 is 11.3 Å². The number of pyridine rings is 1. The van der Waals surface area contributed by atoms with Gasteiger partial charge in [0.15, 0.2) is 0 Å². The minimum absolute atomic E-state index is 0.0660. The quantitative estimate of drug-likeness (QED) is 0.771. The average molecular weight is 322 g/mol. The predicted molar refractivity (Wildman–Crippen MR) is 93.9 cm³/mol. The van der Waals surface area contributed by atoms with E-state index in [9.17, 15) is 9.59 Å². The lowest BCUT2D eigenvalue weighted by molar-refractivity contribution is -0.138. The Morgan fingerprint density at radius 1 is 1.17 bits per heavy atom. The lowest BCUT2D eigenvalue weighted by Crippen LogP contribution is -2.32. The van der Waals surface area contributed by atoms with Gasteiger partial charge in [0.2, 0.25) is 0 Å². The van der Waals surface area contributed by atoms with Crippen molar-refractivity contribution >= 4 is 16.9 Å². The Labute approximate surface area is 139 Å². The highest BCUT2D eigenvalue weighted by molar-refractivity contribution is 5.84. The van der Waals surface area contributed by atoms with Gasteiger partial charge < -0.3 is 15.4 Å². The molecule has 24 heavy (non-hydrogen) atoms. The zero-order chi connectivity index (χ0) is 17.3. The monoisotopic (exact) mass is 322 g/mol. The normalized spacial score (nSPS) is 12.2. The molecule has 3 N–H and O–H groups in total. The zero-order valence-electron chi connectivity index (χ0n) is 13.3. The van der Waals surface area contributed by atoms with E-state index < -0.39 is 12.0 Å². The van der Waals surface area contributed by atoms with Gasteiger partial charge in [0, 0.05) is 12.6 Å². The number of carboxylic acids is 1. The lowest BCUT2D eigenvalue weighted by Gasteiger charge is -2.10. The van der Waals surface area contributed by atoms with Crippen molar-refractivity contribution in [3.63, 3.8) is 0 Å². The highest BCUT2D eigenvalue weighted by Gasteiger charge is 2.13. The molecule has 3 rings (SSSR count). The van der Waals surface area contributed by atoms with E-state index in [1.54, 1.807) is 11.6 Å². The molecule has 0 amide bonds. The van der Waals surface area contributed by atoms with Gasteiger partial charge in [-0.3, -0.25) is 9.59 Å². The molecule has 1 heterocycles. The van der Waals surface area contributed by atoms with Gasteiger partial charge in [-0.25, -0.2) is 0 Å². The summed E-state index contributed by atoms with van der Waals surface area (Å²) in [7, 11) is 1.76. The molecule has 2 aromatic carbocycles. The molecule has 0 bridgehead atoms. The smallest absolute Gasteiger partial charge is 0.320 e. The van der Waals surface area contributed by atoms with E-state index in [1.165, 1.54) is 0 Å². The fourth-order valence-electron chi connectivity index (χ4n) is 2.79. The zero-order valence-corrected chi connectivity index (χ0v) is 13.3. The topological polar surface area (TPSA) is 85.3 Å². The van der Waals surface area contributed by atoms with Gasteiger partial charge in [0.05, 0.1) is 5.52 Å². The van der Waals surface area contributed by atoms with Crippen LogP contribution in [0, 0.1) is 0 Å². The second-order valence-electron chi connectivity index (χ2n) is 5.83. The van der Waals surface area contributed by atoms with Gasteiger partial charge in [0.25, 0.3) is 5.56 Å². The highest BCUT2D eigenvalue weighted by atomic mass is 16.4. The molecule has 122 valence electrons. The number of nitrogens with two attached hydrogens (primary N) is 1. The van der Waals surface area contributed by atoms with Crippen molar-refractivity contribution in [2.24, 2.45) is 12.8 Å². The standard InChI is InChI=1S/C19H18N2O3/c1-21-17-5-3-2-4-14(17)11-15(18(21)22)13-8-6-12(7-9-13)10-16(20)19(23)24/h2-9,11,16H,10,20H2,1H3,(H,23,24)/t16-/m0/s1. The van der Waals surface area contributed by atoms with Crippen LogP contribution in [0.15, 0.2) is 59.4 Å². The molecule has 0 aliphatic carbocycles. The summed E-state index contributed by atoms with van der Waals surface area (Å²) in [5, 5.41) is 9.87. The van der Waals surface area contributed by atoms with E-state index in [0.29, 0.717) is 5.56 Å². The molecule has 3 aromatic rings. The molecule has 0 saturated carbocycles. The van der Waals surface area contributed by atoms with Crippen LogP contribution in [-0.4, -0.2) is 21.7 Å². The van der Waals surface area contributed by atoms with Crippen molar-refractivity contribution in [3.05, 3.63) is 70.5 Å². The number of carbonyl (C=O) groups is 1. The van der Waals surface area contributed by atoms with Crippen molar-refractivity contribution < 1.29 is 9.90 Å². The third-order valence-electron chi connectivity index (χ3n) is 4.17. The summed E-state index contributed by atoms with van der Waals surface area (Å²) < 4.78 is 1.64. The number of nitrogens with zero attached hydrogens (tertiary/aromatic N) is 1. The average Bonchev–Trinajstić information content (AvgIpc) is 2.59. The maximum absolute atomic E-state index is 12.6. The van der Waals surface area contributed by atoms with Gasteiger partial charge in [-0.2, -0.15) is 0 Å². The fraction of sp³-hybridized carbons (Fsp3) is 0.158. The van der Waals surface area contributed by atoms with Crippen LogP contribution in [0.5, 0.6) is 0 Å². The number of aromatic nitrogens is 1. The summed E-state index contributed by atoms with van der Waals surface area (Å²) >= 11 is 0. The van der Waals surface area contributed by atoms with Gasteiger partial charge >= 0.3 is 5.97 Å². The Hall–Kier alpha value is -2.92. The van der Waals surface area contributed by atoms with Gasteiger partial charge in [-0.05, 0) is 35.1 Å². The molecule has 0 aliphatic rings. The Bertz CT molecular complexity index is 959. The molecule has 0 spiro atoms. The molecule has 0 unspecified atom stereocenters. The maximum atomic E-state index is 12.6. The van der Waals surface area contributed by atoms with Crippen LogP contribution >= 0.6 is 0 Å². The van der Waals surface area contributed by atoms with Crippen molar-refractivity contribution in [2.45, 2.75) is 12.5 Å². The molecule has 0 fully saturated rings. The van der Waals surface area contributed by atoms with Crippen LogP contribution in [0.1, 0.15) is 5.56 Å². The largest absolute Gasteiger partial charge is 0.480 e. The van der Waals surface area contributed by atoms with Crippen LogP contribution in [0.3, 0.4) is 0 Å². The first kappa shape index (κ1) is 16.0. The summed E-state index contributed by atoms with van der Waals surface area (Å²) in [4.78, 5) is 23.4. The maximum Gasteiger partial charge on any atom is 0.320 e. The molecule has 0 aliphatic heterocycles. The molecule has 1 aromatic heterocycles. The lowest BCUT2D eigenvalue weighted by atomic mass is 10.0. The van der Waals surface area contributed by atoms with E-state index >= 15 is 0 Å². The Kier molecular flexibility index (Phi) is 4.18. The van der Waals surface area contributed by atoms with Crippen molar-refractivity contribution in [1.82, 2.24) is 4.57 Å². The second kappa shape index (κ2) is 6.29. The number of carboxylic acid groups (broad SMARTS) is 1. The third-order valence-corrected chi connectivity index (χ3v) is 4.17. The van der Waals surface area contributed by atoms with E-state index in [2.05, 4.69) is 0 Å². The molecule has 5 heteroatoms. The molecule has 0 radical (unpaired) electrons. The van der Waals surface area contributed by atoms with Crippen LogP contribution in [-0.2, 0) is 18.3 Å². The number of benzene rings is 2. The second-order valence-corrected chi connectivity index (χ2v) is 5.83. The first-order valence-corrected chi connectivity index (χ1v) is 7.64. The number of hydrogen-bond acceptors (Lipinski definition) is 3. The van der Waals surface area contributed by atoms with Crippen molar-refractivity contribution in [2.75, 3.05) is 0 Å². The molecule has 5 nitrogen and oxygen atoms in total. The first-order chi connectivity index (χ1) is 11.5. The Morgan fingerprint density at radius 3 is 2.50 bits per heavy atom. The molecule has 1 atom stereocenters. The van der Waals surface area contributed by atoms with E-state index in [0.717, 1.165) is 22.0 Å². The highest BCUT2D eigenvalue weighted by Crippen LogP contribution is 2.21. The Morgan fingerprint density at radius 2 is 1.83 bits per heavy atom. The van der Waals surface area contributed by atoms with Crippen LogP contribution in [0.2, 0.25) is 0 Å².